The van der Waals surface area contributed by atoms with E-state index in [4.69, 9.17) is 0 Å². The summed E-state index contributed by atoms with van der Waals surface area (Å²) < 4.78 is 25.8. The van der Waals surface area contributed by atoms with Crippen molar-refractivity contribution in [3.8, 4) is 11.8 Å². The first-order valence-electron chi connectivity index (χ1n) is 7.70. The van der Waals surface area contributed by atoms with E-state index in [1.807, 2.05) is 18.2 Å². The van der Waals surface area contributed by atoms with Gasteiger partial charge in [0.25, 0.3) is 0 Å². The van der Waals surface area contributed by atoms with Gasteiger partial charge in [0.05, 0.1) is 9.80 Å². The van der Waals surface area contributed by atoms with Crippen LogP contribution in [0.25, 0.3) is 4.91 Å². The Labute approximate surface area is 138 Å². The maximum atomic E-state index is 12.9. The molecule has 0 atom stereocenters. The van der Waals surface area contributed by atoms with Crippen molar-refractivity contribution < 1.29 is 8.42 Å². The van der Waals surface area contributed by atoms with Crippen molar-refractivity contribution in [2.45, 2.75) is 31.1 Å². The van der Waals surface area contributed by atoms with Crippen LogP contribution in [-0.4, -0.2) is 8.42 Å². The van der Waals surface area contributed by atoms with E-state index in [9.17, 15) is 8.42 Å². The average molecular weight is 324 g/mol. The smallest absolute Gasteiger partial charge is 0.207 e. The highest BCUT2D eigenvalue weighted by Gasteiger charge is 2.21. The third kappa shape index (κ3) is 4.58. The van der Waals surface area contributed by atoms with Gasteiger partial charge in [-0.05, 0) is 24.1 Å². The lowest BCUT2D eigenvalue weighted by molar-refractivity contribution is 0.606. The minimum Gasteiger partial charge on any atom is -0.218 e. The molecule has 0 radical (unpaired) electrons. The van der Waals surface area contributed by atoms with Crippen LogP contribution in [0, 0.1) is 11.8 Å². The van der Waals surface area contributed by atoms with Crippen molar-refractivity contribution in [3.63, 3.8) is 0 Å². The number of hydrogen-bond donors (Lipinski definition) is 0. The van der Waals surface area contributed by atoms with Gasteiger partial charge in [-0.25, -0.2) is 8.42 Å². The van der Waals surface area contributed by atoms with Crippen LogP contribution in [0.15, 0.2) is 71.6 Å². The fourth-order valence-corrected chi connectivity index (χ4v) is 3.53. The normalized spacial score (nSPS) is 11.6. The van der Waals surface area contributed by atoms with Crippen molar-refractivity contribution in [2.24, 2.45) is 0 Å². The molecule has 0 saturated heterocycles. The van der Waals surface area contributed by atoms with Gasteiger partial charge in [0, 0.05) is 12.5 Å². The lowest BCUT2D eigenvalue weighted by atomic mass is 10.2. The van der Waals surface area contributed by atoms with Crippen molar-refractivity contribution >= 4 is 14.7 Å². The quantitative estimate of drug-likeness (QED) is 0.590. The van der Waals surface area contributed by atoms with Gasteiger partial charge >= 0.3 is 0 Å². The van der Waals surface area contributed by atoms with Crippen LogP contribution in [0.1, 0.15) is 31.7 Å². The lowest BCUT2D eigenvalue weighted by Gasteiger charge is -2.08. The maximum Gasteiger partial charge on any atom is 0.207 e. The fourth-order valence-electron chi connectivity index (χ4n) is 2.10. The van der Waals surface area contributed by atoms with E-state index in [0.29, 0.717) is 5.56 Å². The molecule has 0 amide bonds. The molecule has 3 heteroatoms. The Kier molecular flexibility index (Phi) is 6.19. The molecular formula is C20H20O2S. The molecule has 0 N–H and O–H groups in total. The van der Waals surface area contributed by atoms with Crippen LogP contribution in [-0.2, 0) is 9.84 Å². The molecule has 0 heterocycles. The Balaban J connectivity index is 2.46. The molecule has 0 aliphatic rings. The van der Waals surface area contributed by atoms with Crippen molar-refractivity contribution in [3.05, 3.63) is 72.3 Å². The van der Waals surface area contributed by atoms with E-state index in [2.05, 4.69) is 18.8 Å². The number of allylic oxidation sites excluding steroid dienone is 1. The zero-order valence-electron chi connectivity index (χ0n) is 13.2. The summed E-state index contributed by atoms with van der Waals surface area (Å²) in [7, 11) is -3.59. The summed E-state index contributed by atoms with van der Waals surface area (Å²) in [6.07, 6.45) is 4.40. The predicted molar refractivity (Wildman–Crippen MR) is 95.3 cm³/mol. The minimum atomic E-state index is -3.59. The first-order valence-corrected chi connectivity index (χ1v) is 9.18. The second-order valence-corrected chi connectivity index (χ2v) is 7.03. The Morgan fingerprint density at radius 3 is 2.22 bits per heavy atom. The summed E-state index contributed by atoms with van der Waals surface area (Å²) in [4.78, 5) is 0.527. The van der Waals surface area contributed by atoms with Crippen molar-refractivity contribution in [1.29, 1.82) is 0 Å². The van der Waals surface area contributed by atoms with Crippen LogP contribution in [0.4, 0.5) is 0 Å². The molecule has 0 bridgehead atoms. The minimum absolute atomic E-state index is 0.244. The van der Waals surface area contributed by atoms with Gasteiger partial charge < -0.3 is 0 Å². The van der Waals surface area contributed by atoms with Crippen LogP contribution >= 0.6 is 0 Å². The highest BCUT2D eigenvalue weighted by molar-refractivity contribution is 8.00. The van der Waals surface area contributed by atoms with Crippen LogP contribution in [0.2, 0.25) is 0 Å². The van der Waals surface area contributed by atoms with Crippen LogP contribution < -0.4 is 0 Å². The molecule has 0 spiro atoms. The maximum absolute atomic E-state index is 12.9. The van der Waals surface area contributed by atoms with Gasteiger partial charge in [0.2, 0.25) is 9.84 Å². The van der Waals surface area contributed by atoms with Crippen molar-refractivity contribution in [1.82, 2.24) is 0 Å². The second-order valence-electron chi connectivity index (χ2n) is 5.12. The Morgan fingerprint density at radius 1 is 1.00 bits per heavy atom. The van der Waals surface area contributed by atoms with Crippen molar-refractivity contribution in [2.75, 3.05) is 0 Å². The molecule has 0 fully saturated rings. The molecular weight excluding hydrogens is 304 g/mol. The third-order valence-electron chi connectivity index (χ3n) is 3.36. The summed E-state index contributed by atoms with van der Waals surface area (Å²) in [6.45, 7) is 2.10. The first kappa shape index (κ1) is 17.1. The molecule has 2 nitrogen and oxygen atoms in total. The Morgan fingerprint density at radius 2 is 1.61 bits per heavy atom. The van der Waals surface area contributed by atoms with Gasteiger partial charge in [-0.3, -0.25) is 0 Å². The number of hydrogen-bond acceptors (Lipinski definition) is 2. The van der Waals surface area contributed by atoms with Crippen LogP contribution in [0.5, 0.6) is 0 Å². The number of benzene rings is 2. The summed E-state index contributed by atoms with van der Waals surface area (Å²) in [6, 6.07) is 17.6. The third-order valence-corrected chi connectivity index (χ3v) is 5.19. The van der Waals surface area contributed by atoms with Gasteiger partial charge in [-0.2, -0.15) is 0 Å². The molecule has 23 heavy (non-hydrogen) atoms. The van der Waals surface area contributed by atoms with E-state index in [1.54, 1.807) is 42.5 Å². The van der Waals surface area contributed by atoms with Gasteiger partial charge in [-0.1, -0.05) is 73.7 Å². The summed E-state index contributed by atoms with van der Waals surface area (Å²) >= 11 is 0. The molecule has 0 aliphatic carbocycles. The van der Waals surface area contributed by atoms with Crippen LogP contribution in [0.3, 0.4) is 0 Å². The molecule has 2 aromatic carbocycles. The van der Waals surface area contributed by atoms with E-state index in [1.165, 1.54) is 6.08 Å². The van der Waals surface area contributed by atoms with Gasteiger partial charge in [0.1, 0.15) is 0 Å². The fraction of sp³-hybridized carbons (Fsp3) is 0.200. The molecule has 0 aliphatic heterocycles. The summed E-state index contributed by atoms with van der Waals surface area (Å²) in [5, 5.41) is 0. The predicted octanol–water partition coefficient (Wildman–Crippen LogP) is 4.70. The zero-order chi connectivity index (χ0) is 16.5. The van der Waals surface area contributed by atoms with E-state index < -0.39 is 9.84 Å². The largest absolute Gasteiger partial charge is 0.218 e. The monoisotopic (exact) mass is 324 g/mol. The number of rotatable bonds is 5. The topological polar surface area (TPSA) is 34.1 Å². The molecule has 0 aromatic heterocycles. The van der Waals surface area contributed by atoms with E-state index in [0.717, 1.165) is 19.3 Å². The van der Waals surface area contributed by atoms with Gasteiger partial charge in [-0.15, -0.1) is 0 Å². The standard InChI is InChI=1S/C20H20O2S/c1-2-3-4-5-12-17-20(18-13-8-6-9-14-18)23(21,22)19-15-10-7-11-16-19/h6-11,13-17H,2-4H2,1H3/b20-17-. The Hall–Kier alpha value is -2.31. The number of sulfone groups is 1. The zero-order valence-corrected chi connectivity index (χ0v) is 14.0. The molecule has 2 rings (SSSR count). The second kappa shape index (κ2) is 8.36. The summed E-state index contributed by atoms with van der Waals surface area (Å²) in [5.41, 5.74) is 0.654. The average Bonchev–Trinajstić information content (AvgIpc) is 2.59. The molecule has 0 unspecified atom stereocenters. The first-order chi connectivity index (χ1) is 11.2. The lowest BCUT2D eigenvalue weighted by Crippen LogP contribution is -2.04. The highest BCUT2D eigenvalue weighted by Crippen LogP contribution is 2.27. The Bertz CT molecular complexity index is 808. The molecule has 118 valence electrons. The van der Waals surface area contributed by atoms with E-state index >= 15 is 0 Å². The highest BCUT2D eigenvalue weighted by atomic mass is 32.2. The molecule has 2 aromatic rings. The van der Waals surface area contributed by atoms with E-state index in [-0.39, 0.29) is 9.80 Å². The van der Waals surface area contributed by atoms with Gasteiger partial charge in [0.15, 0.2) is 0 Å². The summed E-state index contributed by atoms with van der Waals surface area (Å²) in [5.74, 6) is 5.92. The SMILES string of the molecule is CCCCC#C/C=C(/c1ccccc1)S(=O)(=O)c1ccccc1. The number of unbranched alkanes of at least 4 members (excludes halogenated alkanes) is 2. The molecule has 0 saturated carbocycles.